The van der Waals surface area contributed by atoms with Gasteiger partial charge in [0.05, 0.1) is 12.1 Å². The first-order chi connectivity index (χ1) is 5.63. The summed E-state index contributed by atoms with van der Waals surface area (Å²) in [5.74, 6) is -0.648. The second-order valence-corrected chi connectivity index (χ2v) is 4.41. The molecule has 0 unspecified atom stereocenters. The molecular formula is C9H13FO2. The number of alkyl halides is 1. The van der Waals surface area contributed by atoms with Gasteiger partial charge in [0, 0.05) is 0 Å². The quantitative estimate of drug-likeness (QED) is 0.704. The van der Waals surface area contributed by atoms with Gasteiger partial charge in [0.15, 0.2) is 0 Å². The van der Waals surface area contributed by atoms with Crippen molar-refractivity contribution in [2.45, 2.75) is 32.1 Å². The Kier molecular flexibility index (Phi) is 1.48. The minimum absolute atomic E-state index is 0.241. The topological polar surface area (TPSA) is 37.3 Å². The SMILES string of the molecule is O=C(O)C12CC(CCCF)(C1)C2. The molecule has 0 heterocycles. The van der Waals surface area contributed by atoms with Gasteiger partial charge < -0.3 is 5.11 Å². The third-order valence-electron chi connectivity index (χ3n) is 3.43. The van der Waals surface area contributed by atoms with E-state index in [2.05, 4.69) is 0 Å². The van der Waals surface area contributed by atoms with E-state index in [0.717, 1.165) is 25.7 Å². The predicted molar refractivity (Wildman–Crippen MR) is 41.6 cm³/mol. The minimum atomic E-state index is -0.648. The van der Waals surface area contributed by atoms with E-state index >= 15 is 0 Å². The zero-order valence-corrected chi connectivity index (χ0v) is 6.98. The van der Waals surface area contributed by atoms with Gasteiger partial charge in [-0.15, -0.1) is 0 Å². The van der Waals surface area contributed by atoms with Crippen LogP contribution in [0.25, 0.3) is 0 Å². The van der Waals surface area contributed by atoms with Crippen LogP contribution in [0, 0.1) is 10.8 Å². The summed E-state index contributed by atoms with van der Waals surface area (Å²) in [6.07, 6.45) is 3.90. The molecule has 0 amide bonds. The number of hydrogen-bond donors (Lipinski definition) is 1. The lowest BCUT2D eigenvalue weighted by molar-refractivity contribution is -0.225. The van der Waals surface area contributed by atoms with Crippen molar-refractivity contribution in [3.63, 3.8) is 0 Å². The molecule has 1 N–H and O–H groups in total. The highest BCUT2D eigenvalue weighted by Gasteiger charge is 2.70. The minimum Gasteiger partial charge on any atom is -0.481 e. The van der Waals surface area contributed by atoms with Crippen LogP contribution in [0.3, 0.4) is 0 Å². The highest BCUT2D eigenvalue weighted by Crippen LogP contribution is 2.75. The summed E-state index contributed by atoms with van der Waals surface area (Å²) in [6, 6.07) is 0. The zero-order chi connectivity index (χ0) is 8.82. The molecule has 0 spiro atoms. The lowest BCUT2D eigenvalue weighted by Crippen LogP contribution is -2.65. The molecule has 3 aliphatic carbocycles. The van der Waals surface area contributed by atoms with Crippen molar-refractivity contribution in [1.29, 1.82) is 0 Å². The Hall–Kier alpha value is -0.600. The molecule has 12 heavy (non-hydrogen) atoms. The van der Waals surface area contributed by atoms with Crippen LogP contribution in [0.4, 0.5) is 4.39 Å². The van der Waals surface area contributed by atoms with E-state index in [4.69, 9.17) is 5.11 Å². The average Bonchev–Trinajstić information content (AvgIpc) is 1.81. The Morgan fingerprint density at radius 3 is 2.42 bits per heavy atom. The first-order valence-corrected chi connectivity index (χ1v) is 4.42. The maximum absolute atomic E-state index is 11.8. The number of carboxylic acids is 1. The monoisotopic (exact) mass is 172 g/mol. The summed E-state index contributed by atoms with van der Waals surface area (Å²) in [6.45, 7) is -0.262. The van der Waals surface area contributed by atoms with Gasteiger partial charge in [-0.3, -0.25) is 9.18 Å². The van der Waals surface area contributed by atoms with Crippen LogP contribution in [0.1, 0.15) is 32.1 Å². The van der Waals surface area contributed by atoms with E-state index < -0.39 is 5.97 Å². The molecule has 2 bridgehead atoms. The van der Waals surface area contributed by atoms with E-state index in [1.54, 1.807) is 0 Å². The molecule has 3 heteroatoms. The standard InChI is InChI=1S/C9H13FO2/c10-3-1-2-8-4-9(5-8,6-8)7(11)12/h1-6H2,(H,11,12). The summed E-state index contributed by atoms with van der Waals surface area (Å²) in [5.41, 5.74) is -0.138. The van der Waals surface area contributed by atoms with Gasteiger partial charge in [-0.05, 0) is 37.5 Å². The normalized spacial score (nSPS) is 43.1. The van der Waals surface area contributed by atoms with Crippen LogP contribution >= 0.6 is 0 Å². The van der Waals surface area contributed by atoms with Crippen molar-refractivity contribution in [2.24, 2.45) is 10.8 Å². The number of rotatable bonds is 4. The smallest absolute Gasteiger partial charge is 0.309 e. The Morgan fingerprint density at radius 2 is 2.00 bits per heavy atom. The van der Waals surface area contributed by atoms with Crippen molar-refractivity contribution in [3.05, 3.63) is 0 Å². The molecule has 0 aliphatic heterocycles. The molecule has 3 aliphatic rings. The third-order valence-corrected chi connectivity index (χ3v) is 3.43. The number of aliphatic carboxylic acids is 1. The summed E-state index contributed by atoms with van der Waals surface area (Å²) in [5, 5.41) is 8.80. The van der Waals surface area contributed by atoms with Crippen molar-refractivity contribution in [2.75, 3.05) is 6.67 Å². The lowest BCUT2D eigenvalue weighted by atomic mass is 9.34. The molecular weight excluding hydrogens is 159 g/mol. The lowest BCUT2D eigenvalue weighted by Gasteiger charge is -2.68. The van der Waals surface area contributed by atoms with Gasteiger partial charge in [-0.1, -0.05) is 0 Å². The van der Waals surface area contributed by atoms with Gasteiger partial charge >= 0.3 is 5.97 Å². The molecule has 3 rings (SSSR count). The van der Waals surface area contributed by atoms with Crippen LogP contribution in [0.15, 0.2) is 0 Å². The van der Waals surface area contributed by atoms with Crippen molar-refractivity contribution in [1.82, 2.24) is 0 Å². The third kappa shape index (κ3) is 0.822. The van der Waals surface area contributed by atoms with E-state index in [0.29, 0.717) is 6.42 Å². The van der Waals surface area contributed by atoms with Crippen LogP contribution in [-0.4, -0.2) is 17.8 Å². The highest BCUT2D eigenvalue weighted by molar-refractivity contribution is 5.79. The predicted octanol–water partition coefficient (Wildman–Crippen LogP) is 1.99. The molecule has 3 saturated carbocycles. The number of carboxylic acid groups (broad SMARTS) is 1. The maximum atomic E-state index is 11.8. The summed E-state index contributed by atoms with van der Waals surface area (Å²) < 4.78 is 11.8. The largest absolute Gasteiger partial charge is 0.481 e. The van der Waals surface area contributed by atoms with Gasteiger partial charge in [-0.2, -0.15) is 0 Å². The van der Waals surface area contributed by atoms with Gasteiger partial charge in [0.25, 0.3) is 0 Å². The highest BCUT2D eigenvalue weighted by atomic mass is 19.1. The second kappa shape index (κ2) is 2.21. The maximum Gasteiger partial charge on any atom is 0.309 e. The molecule has 0 aromatic rings. The van der Waals surface area contributed by atoms with Crippen LogP contribution in [0.2, 0.25) is 0 Å². The molecule has 68 valence electrons. The summed E-state index contributed by atoms with van der Waals surface area (Å²) in [4.78, 5) is 10.7. The number of carbonyl (C=O) groups is 1. The molecule has 0 atom stereocenters. The second-order valence-electron chi connectivity index (χ2n) is 4.41. The van der Waals surface area contributed by atoms with Gasteiger partial charge in [0.2, 0.25) is 0 Å². The Balaban J connectivity index is 1.83. The first kappa shape index (κ1) is 8.02. The molecule has 0 radical (unpaired) electrons. The van der Waals surface area contributed by atoms with Crippen molar-refractivity contribution >= 4 is 5.97 Å². The fourth-order valence-electron chi connectivity index (χ4n) is 2.93. The molecule has 0 aromatic heterocycles. The van der Waals surface area contributed by atoms with Crippen molar-refractivity contribution < 1.29 is 14.3 Å². The molecule has 0 saturated heterocycles. The van der Waals surface area contributed by atoms with Crippen molar-refractivity contribution in [3.8, 4) is 0 Å². The Labute approximate surface area is 70.8 Å². The molecule has 0 aromatic carbocycles. The number of halogens is 1. The van der Waals surface area contributed by atoms with Gasteiger partial charge in [-0.25, -0.2) is 0 Å². The Morgan fingerprint density at radius 1 is 1.42 bits per heavy atom. The van der Waals surface area contributed by atoms with Crippen LogP contribution in [-0.2, 0) is 4.79 Å². The van der Waals surface area contributed by atoms with Crippen LogP contribution < -0.4 is 0 Å². The zero-order valence-electron chi connectivity index (χ0n) is 6.98. The van der Waals surface area contributed by atoms with E-state index in [1.165, 1.54) is 0 Å². The number of hydrogen-bond acceptors (Lipinski definition) is 1. The van der Waals surface area contributed by atoms with Gasteiger partial charge in [0.1, 0.15) is 0 Å². The average molecular weight is 172 g/mol. The fraction of sp³-hybridized carbons (Fsp3) is 0.889. The Bertz CT molecular complexity index is 205. The molecule has 3 fully saturated rings. The fourth-order valence-corrected chi connectivity index (χ4v) is 2.93. The molecule has 2 nitrogen and oxygen atoms in total. The summed E-state index contributed by atoms with van der Waals surface area (Å²) in [7, 11) is 0. The van der Waals surface area contributed by atoms with Crippen LogP contribution in [0.5, 0.6) is 0 Å². The van der Waals surface area contributed by atoms with E-state index in [-0.39, 0.29) is 17.5 Å². The van der Waals surface area contributed by atoms with E-state index in [1.807, 2.05) is 0 Å². The first-order valence-electron chi connectivity index (χ1n) is 4.42. The van der Waals surface area contributed by atoms with E-state index in [9.17, 15) is 9.18 Å². The summed E-state index contributed by atoms with van der Waals surface area (Å²) >= 11 is 0.